The highest BCUT2D eigenvalue weighted by Gasteiger charge is 2.25. The molecular weight excluding hydrogens is 570 g/mol. The summed E-state index contributed by atoms with van der Waals surface area (Å²) < 4.78 is 21.5. The molecule has 2 aromatic carbocycles. The molecule has 12 nitrogen and oxygen atoms in total. The Balaban J connectivity index is 2.04. The molecule has 3 amide bonds. The monoisotopic (exact) mass is 615 g/mol. The van der Waals surface area contributed by atoms with Gasteiger partial charge < -0.3 is 40.0 Å². The summed E-state index contributed by atoms with van der Waals surface area (Å²) in [7, 11) is 1.39. The molecule has 0 saturated carbocycles. The molecule has 0 aliphatic carbocycles. The van der Waals surface area contributed by atoms with Gasteiger partial charge in [-0.15, -0.1) is 0 Å². The van der Waals surface area contributed by atoms with Crippen molar-refractivity contribution in [3.63, 3.8) is 0 Å². The number of hydrogen-bond acceptors (Lipinski definition) is 9. The molecule has 0 aromatic heterocycles. The summed E-state index contributed by atoms with van der Waals surface area (Å²) in [6.45, 7) is 7.54. The average Bonchev–Trinajstić information content (AvgIpc) is 2.98. The molecule has 44 heavy (non-hydrogen) atoms. The van der Waals surface area contributed by atoms with Gasteiger partial charge in [-0.3, -0.25) is 4.79 Å². The summed E-state index contributed by atoms with van der Waals surface area (Å²) in [6, 6.07) is 12.6. The summed E-state index contributed by atoms with van der Waals surface area (Å²) in [4.78, 5) is 49.5. The third-order valence-electron chi connectivity index (χ3n) is 6.13. The lowest BCUT2D eigenvalue weighted by molar-refractivity contribution is -0.137. The zero-order valence-corrected chi connectivity index (χ0v) is 26.1. The van der Waals surface area contributed by atoms with Gasteiger partial charge in [-0.2, -0.15) is 0 Å². The third kappa shape index (κ3) is 13.8. The number of aliphatic hydroxyl groups is 1. The number of alkyl carbamates (subject to hydrolysis) is 2. The van der Waals surface area contributed by atoms with Crippen LogP contribution in [0.2, 0.25) is 0 Å². The van der Waals surface area contributed by atoms with Crippen LogP contribution in [0.4, 0.5) is 9.59 Å². The summed E-state index contributed by atoms with van der Waals surface area (Å²) in [5.41, 5.74) is 0.618. The first-order valence-electron chi connectivity index (χ1n) is 14.7. The van der Waals surface area contributed by atoms with Crippen LogP contribution in [0.1, 0.15) is 77.0 Å². The molecule has 2 atom stereocenters. The van der Waals surface area contributed by atoms with Crippen LogP contribution in [-0.4, -0.2) is 61.0 Å². The van der Waals surface area contributed by atoms with E-state index in [0.717, 1.165) is 5.56 Å². The van der Waals surface area contributed by atoms with Crippen LogP contribution in [-0.2, 0) is 25.7 Å². The fraction of sp³-hybridized carbons (Fsp3) is 0.500. The quantitative estimate of drug-likeness (QED) is 0.121. The highest BCUT2D eigenvalue weighted by molar-refractivity contribution is 5.83. The fourth-order valence-electron chi connectivity index (χ4n) is 3.93. The van der Waals surface area contributed by atoms with Crippen molar-refractivity contribution < 1.29 is 43.2 Å². The Morgan fingerprint density at radius 1 is 0.932 bits per heavy atom. The molecule has 2 aromatic rings. The maximum atomic E-state index is 13.2. The lowest BCUT2D eigenvalue weighted by Gasteiger charge is -2.20. The fourth-order valence-corrected chi connectivity index (χ4v) is 3.93. The van der Waals surface area contributed by atoms with Gasteiger partial charge in [-0.05, 0) is 69.7 Å². The Hall–Kier alpha value is -4.32. The van der Waals surface area contributed by atoms with Crippen LogP contribution in [0.5, 0.6) is 11.5 Å². The highest BCUT2D eigenvalue weighted by Crippen LogP contribution is 2.31. The maximum absolute atomic E-state index is 13.2. The Morgan fingerprint density at radius 2 is 1.66 bits per heavy atom. The second kappa shape index (κ2) is 18.4. The second-order valence-corrected chi connectivity index (χ2v) is 11.1. The van der Waals surface area contributed by atoms with Gasteiger partial charge in [0.25, 0.3) is 0 Å². The van der Waals surface area contributed by atoms with Gasteiger partial charge in [-0.25, -0.2) is 14.4 Å². The van der Waals surface area contributed by atoms with E-state index in [2.05, 4.69) is 16.0 Å². The van der Waals surface area contributed by atoms with Crippen LogP contribution in [0.15, 0.2) is 48.5 Å². The van der Waals surface area contributed by atoms with Crippen LogP contribution in [0.25, 0.3) is 0 Å². The van der Waals surface area contributed by atoms with Gasteiger partial charge in [0.05, 0.1) is 13.2 Å². The minimum absolute atomic E-state index is 0.0149. The first-order valence-corrected chi connectivity index (χ1v) is 14.7. The van der Waals surface area contributed by atoms with Gasteiger partial charge in [0.2, 0.25) is 5.91 Å². The molecule has 0 saturated heterocycles. The molecule has 12 heteroatoms. The maximum Gasteiger partial charge on any atom is 0.408 e. The van der Waals surface area contributed by atoms with Crippen molar-refractivity contribution in [1.29, 1.82) is 0 Å². The number of amides is 3. The zero-order chi connectivity index (χ0) is 32.5. The number of unbranched alkanes of at least 4 members (excludes halogenated alkanes) is 1. The molecule has 4 N–H and O–H groups in total. The smallest absolute Gasteiger partial charge is 0.408 e. The summed E-state index contributed by atoms with van der Waals surface area (Å²) >= 11 is 0. The average molecular weight is 616 g/mol. The van der Waals surface area contributed by atoms with Gasteiger partial charge in [0.1, 0.15) is 18.2 Å². The van der Waals surface area contributed by atoms with Crippen LogP contribution in [0, 0.1) is 0 Å². The first-order chi connectivity index (χ1) is 20.9. The zero-order valence-electron chi connectivity index (χ0n) is 26.1. The minimum Gasteiger partial charge on any atom is -0.493 e. The number of carbonyl (C=O) groups is 4. The van der Waals surface area contributed by atoms with E-state index < -0.39 is 35.9 Å². The van der Waals surface area contributed by atoms with Gasteiger partial charge >= 0.3 is 18.2 Å². The third-order valence-corrected chi connectivity index (χ3v) is 6.13. The Kier molecular flexibility index (Phi) is 15.0. The molecular formula is C32H45N3O9. The number of ether oxygens (including phenoxy) is 4. The molecule has 1 unspecified atom stereocenters. The Morgan fingerprint density at radius 3 is 2.32 bits per heavy atom. The number of rotatable bonds is 16. The first kappa shape index (κ1) is 35.9. The van der Waals surface area contributed by atoms with E-state index in [1.165, 1.54) is 19.2 Å². The Bertz CT molecular complexity index is 1220. The predicted octanol–water partition coefficient (Wildman–Crippen LogP) is 4.54. The molecule has 0 aliphatic heterocycles. The van der Waals surface area contributed by atoms with E-state index in [4.69, 9.17) is 18.9 Å². The molecule has 0 heterocycles. The van der Waals surface area contributed by atoms with Crippen molar-refractivity contribution in [3.8, 4) is 11.5 Å². The van der Waals surface area contributed by atoms with E-state index in [9.17, 15) is 24.3 Å². The molecule has 0 spiro atoms. The number of carbonyl (C=O) groups excluding carboxylic acids is 4. The van der Waals surface area contributed by atoms with Crippen molar-refractivity contribution in [2.75, 3.05) is 20.2 Å². The molecule has 0 aliphatic rings. The van der Waals surface area contributed by atoms with Crippen molar-refractivity contribution >= 4 is 24.1 Å². The van der Waals surface area contributed by atoms with Crippen LogP contribution in [0.3, 0.4) is 0 Å². The second-order valence-electron chi connectivity index (χ2n) is 11.1. The van der Waals surface area contributed by atoms with Gasteiger partial charge in [-0.1, -0.05) is 43.3 Å². The van der Waals surface area contributed by atoms with Gasteiger partial charge in [0, 0.05) is 19.5 Å². The molecule has 242 valence electrons. The van der Waals surface area contributed by atoms with Crippen molar-refractivity contribution in [3.05, 3.63) is 59.7 Å². The van der Waals surface area contributed by atoms with E-state index in [0.29, 0.717) is 37.8 Å². The van der Waals surface area contributed by atoms with Crippen molar-refractivity contribution in [2.24, 2.45) is 0 Å². The van der Waals surface area contributed by atoms with Crippen molar-refractivity contribution in [1.82, 2.24) is 16.0 Å². The predicted molar refractivity (Wildman–Crippen MR) is 163 cm³/mol. The van der Waals surface area contributed by atoms with E-state index in [1.807, 2.05) is 37.3 Å². The summed E-state index contributed by atoms with van der Waals surface area (Å²) in [6.07, 6.45) is -0.115. The normalized spacial score (nSPS) is 12.3. The number of esters is 1. The number of benzene rings is 2. The number of hydrogen-bond donors (Lipinski definition) is 4. The lowest BCUT2D eigenvalue weighted by atomic mass is 10.1. The SMILES string of the molecule is CCCC(=O)NCC(O)c1ccc(OC(=O)[C@H](CCCCNC(=O)OC(C)(C)C)NC(=O)OCc2ccccc2)c(OC)c1. The largest absolute Gasteiger partial charge is 0.493 e. The van der Waals surface area contributed by atoms with Crippen LogP contribution >= 0.6 is 0 Å². The van der Waals surface area contributed by atoms with E-state index >= 15 is 0 Å². The number of methoxy groups -OCH3 is 1. The lowest BCUT2D eigenvalue weighted by Crippen LogP contribution is -2.43. The minimum atomic E-state index is -1.07. The van der Waals surface area contributed by atoms with Crippen molar-refractivity contribution in [2.45, 2.75) is 84.2 Å². The van der Waals surface area contributed by atoms with E-state index in [-0.39, 0.29) is 37.0 Å². The van der Waals surface area contributed by atoms with Gasteiger partial charge in [0.15, 0.2) is 11.5 Å². The number of nitrogens with one attached hydrogen (secondary N) is 3. The summed E-state index contributed by atoms with van der Waals surface area (Å²) in [5.74, 6) is -0.646. The van der Waals surface area contributed by atoms with E-state index in [1.54, 1.807) is 26.8 Å². The molecule has 2 rings (SSSR count). The molecule has 0 bridgehead atoms. The topological polar surface area (TPSA) is 162 Å². The Labute approximate surface area is 258 Å². The summed E-state index contributed by atoms with van der Waals surface area (Å²) in [5, 5.41) is 18.4. The van der Waals surface area contributed by atoms with Crippen LogP contribution < -0.4 is 25.4 Å². The standard InChI is InChI=1S/C32H45N3O9/c1-6-12-28(37)34-20-25(36)23-16-17-26(27(19-23)41-5)43-29(38)24(15-10-11-18-33-30(39)44-32(2,3)4)35-31(40)42-21-22-13-8-7-9-14-22/h7-9,13-14,16-17,19,24-25,36H,6,10-12,15,18,20-21H2,1-5H3,(H,33,39)(H,34,37)(H,35,40)/t24-,25?/m0/s1. The number of aliphatic hydroxyl groups excluding tert-OH is 1. The highest BCUT2D eigenvalue weighted by atomic mass is 16.6. The molecule has 0 radical (unpaired) electrons. The molecule has 0 fully saturated rings.